The quantitative estimate of drug-likeness (QED) is 0.659. The maximum Gasteiger partial charge on any atom is 0.156 e. The third kappa shape index (κ3) is 1.74. The van der Waals surface area contributed by atoms with Crippen molar-refractivity contribution >= 4 is 5.65 Å². The summed E-state index contributed by atoms with van der Waals surface area (Å²) in [5.41, 5.74) is 4.34. The Bertz CT molecular complexity index is 503. The molecule has 2 rings (SSSR count). The minimum Gasteiger partial charge on any atom is -0.232 e. The van der Waals surface area contributed by atoms with E-state index in [4.69, 9.17) is 0 Å². The molecule has 15 heavy (non-hydrogen) atoms. The van der Waals surface area contributed by atoms with Crippen molar-refractivity contribution in [2.24, 2.45) is 0 Å². The zero-order valence-electron chi connectivity index (χ0n) is 10.00. The zero-order valence-corrected chi connectivity index (χ0v) is 10.00. The Balaban J connectivity index is 2.72. The van der Waals surface area contributed by atoms with Crippen LogP contribution in [0.2, 0.25) is 0 Å². The topological polar surface area (TPSA) is 30.2 Å². The van der Waals surface area contributed by atoms with Crippen molar-refractivity contribution in [3.63, 3.8) is 0 Å². The van der Waals surface area contributed by atoms with Crippen LogP contribution >= 0.6 is 0 Å². The minimum atomic E-state index is 0.0805. The van der Waals surface area contributed by atoms with Crippen molar-refractivity contribution in [2.45, 2.75) is 40.0 Å². The van der Waals surface area contributed by atoms with Crippen LogP contribution in [0.1, 0.15) is 37.7 Å². The molecule has 3 nitrogen and oxygen atoms in total. The van der Waals surface area contributed by atoms with Crippen LogP contribution in [-0.2, 0) is 5.41 Å². The lowest BCUT2D eigenvalue weighted by molar-refractivity contribution is 0.553. The maximum atomic E-state index is 4.58. The Morgan fingerprint density at radius 2 is 1.87 bits per heavy atom. The number of aryl methyl sites for hydroxylation is 2. The van der Waals surface area contributed by atoms with Gasteiger partial charge in [-0.2, -0.15) is 5.10 Å². The summed E-state index contributed by atoms with van der Waals surface area (Å²) in [6, 6.07) is 2.13. The van der Waals surface area contributed by atoms with E-state index in [0.29, 0.717) is 0 Å². The van der Waals surface area contributed by atoms with Crippen molar-refractivity contribution in [2.75, 3.05) is 0 Å². The van der Waals surface area contributed by atoms with E-state index in [1.54, 1.807) is 0 Å². The SMILES string of the molecule is Cc1cn2nc(C(C)(C)C)cc(C)c2n1. The fourth-order valence-corrected chi connectivity index (χ4v) is 1.61. The molecular weight excluding hydrogens is 186 g/mol. The highest BCUT2D eigenvalue weighted by atomic mass is 15.3. The highest BCUT2D eigenvalue weighted by Gasteiger charge is 2.17. The van der Waals surface area contributed by atoms with Crippen LogP contribution in [0.4, 0.5) is 0 Å². The van der Waals surface area contributed by atoms with Gasteiger partial charge in [0.1, 0.15) is 0 Å². The molecule has 3 heteroatoms. The molecule has 0 amide bonds. The van der Waals surface area contributed by atoms with Crippen LogP contribution in [0.25, 0.3) is 5.65 Å². The van der Waals surface area contributed by atoms with Crippen LogP contribution in [0.3, 0.4) is 0 Å². The van der Waals surface area contributed by atoms with Gasteiger partial charge in [0.05, 0.1) is 17.6 Å². The summed E-state index contributed by atoms with van der Waals surface area (Å²) in [5.74, 6) is 0. The fourth-order valence-electron chi connectivity index (χ4n) is 1.61. The van der Waals surface area contributed by atoms with E-state index in [9.17, 15) is 0 Å². The number of fused-ring (bicyclic) bond motifs is 1. The molecule has 0 saturated carbocycles. The Labute approximate surface area is 90.1 Å². The van der Waals surface area contributed by atoms with Crippen LogP contribution in [-0.4, -0.2) is 14.6 Å². The molecule has 2 aromatic rings. The predicted octanol–water partition coefficient (Wildman–Crippen LogP) is 2.64. The van der Waals surface area contributed by atoms with Crippen LogP contribution in [0, 0.1) is 13.8 Å². The number of hydrogen-bond donors (Lipinski definition) is 0. The van der Waals surface area contributed by atoms with E-state index < -0.39 is 0 Å². The molecule has 0 fully saturated rings. The summed E-state index contributed by atoms with van der Waals surface area (Å²) in [7, 11) is 0. The molecule has 0 atom stereocenters. The number of hydrogen-bond acceptors (Lipinski definition) is 2. The molecule has 0 saturated heterocycles. The smallest absolute Gasteiger partial charge is 0.156 e. The molecule has 0 bridgehead atoms. The fraction of sp³-hybridized carbons (Fsp3) is 0.500. The molecule has 2 aromatic heterocycles. The Morgan fingerprint density at radius 3 is 2.47 bits per heavy atom. The van der Waals surface area contributed by atoms with Crippen molar-refractivity contribution in [1.29, 1.82) is 0 Å². The third-order valence-corrected chi connectivity index (χ3v) is 2.50. The average molecular weight is 203 g/mol. The lowest BCUT2D eigenvalue weighted by atomic mass is 9.91. The van der Waals surface area contributed by atoms with E-state index in [-0.39, 0.29) is 5.41 Å². The highest BCUT2D eigenvalue weighted by molar-refractivity contribution is 5.47. The number of nitrogens with zero attached hydrogens (tertiary/aromatic N) is 3. The van der Waals surface area contributed by atoms with Gasteiger partial charge in [-0.15, -0.1) is 0 Å². The summed E-state index contributed by atoms with van der Waals surface area (Å²) in [6.45, 7) is 10.6. The number of aromatic nitrogens is 3. The number of rotatable bonds is 0. The third-order valence-electron chi connectivity index (χ3n) is 2.50. The van der Waals surface area contributed by atoms with Gasteiger partial charge in [-0.1, -0.05) is 20.8 Å². The Hall–Kier alpha value is -1.38. The van der Waals surface area contributed by atoms with Crippen LogP contribution in [0.5, 0.6) is 0 Å². The van der Waals surface area contributed by atoms with Gasteiger partial charge in [-0.05, 0) is 25.5 Å². The molecule has 0 aliphatic heterocycles. The van der Waals surface area contributed by atoms with E-state index in [2.05, 4.69) is 43.8 Å². The van der Waals surface area contributed by atoms with Gasteiger partial charge >= 0.3 is 0 Å². The van der Waals surface area contributed by atoms with E-state index in [1.165, 1.54) is 5.56 Å². The summed E-state index contributed by atoms with van der Waals surface area (Å²) < 4.78 is 1.88. The predicted molar refractivity (Wildman–Crippen MR) is 61.2 cm³/mol. The molecule has 0 aromatic carbocycles. The molecule has 0 radical (unpaired) electrons. The second kappa shape index (κ2) is 3.05. The second-order valence-corrected chi connectivity index (χ2v) is 5.11. The summed E-state index contributed by atoms with van der Waals surface area (Å²) >= 11 is 0. The van der Waals surface area contributed by atoms with Gasteiger partial charge in [0.15, 0.2) is 5.65 Å². The van der Waals surface area contributed by atoms with Crippen molar-refractivity contribution in [3.8, 4) is 0 Å². The van der Waals surface area contributed by atoms with E-state index in [0.717, 1.165) is 17.0 Å². The van der Waals surface area contributed by atoms with Crippen molar-refractivity contribution < 1.29 is 0 Å². The molecule has 0 aliphatic rings. The summed E-state index contributed by atoms with van der Waals surface area (Å²) in [6.07, 6.45) is 1.97. The Kier molecular flexibility index (Phi) is 2.07. The first-order valence-corrected chi connectivity index (χ1v) is 5.22. The zero-order chi connectivity index (χ0) is 11.2. The van der Waals surface area contributed by atoms with Crippen molar-refractivity contribution in [1.82, 2.24) is 14.6 Å². The summed E-state index contributed by atoms with van der Waals surface area (Å²) in [4.78, 5) is 4.44. The molecule has 0 N–H and O–H groups in total. The van der Waals surface area contributed by atoms with Gasteiger partial charge in [0, 0.05) is 5.41 Å². The monoisotopic (exact) mass is 203 g/mol. The Morgan fingerprint density at radius 1 is 1.20 bits per heavy atom. The lowest BCUT2D eigenvalue weighted by Crippen LogP contribution is -2.15. The van der Waals surface area contributed by atoms with Crippen LogP contribution in [0.15, 0.2) is 12.3 Å². The van der Waals surface area contributed by atoms with Gasteiger partial charge < -0.3 is 0 Å². The molecule has 0 unspecified atom stereocenters. The van der Waals surface area contributed by atoms with Gasteiger partial charge in [0.25, 0.3) is 0 Å². The first-order chi connectivity index (χ1) is 6.88. The van der Waals surface area contributed by atoms with Gasteiger partial charge in [-0.25, -0.2) is 9.50 Å². The van der Waals surface area contributed by atoms with Crippen molar-refractivity contribution in [3.05, 3.63) is 29.2 Å². The van der Waals surface area contributed by atoms with Gasteiger partial charge in [0.2, 0.25) is 0 Å². The first-order valence-electron chi connectivity index (χ1n) is 5.22. The first kappa shape index (κ1) is 10.1. The normalized spacial score (nSPS) is 12.3. The second-order valence-electron chi connectivity index (χ2n) is 5.11. The molecule has 0 aliphatic carbocycles. The largest absolute Gasteiger partial charge is 0.232 e. The average Bonchev–Trinajstić information content (AvgIpc) is 2.44. The molecule has 0 spiro atoms. The molecular formula is C12H17N3. The standard InChI is InChI=1S/C12H17N3/c1-8-6-10(12(3,4)5)14-15-7-9(2)13-11(8)15/h6-7H,1-5H3. The summed E-state index contributed by atoms with van der Waals surface area (Å²) in [5, 5.41) is 4.58. The number of imidazole rings is 1. The minimum absolute atomic E-state index is 0.0805. The van der Waals surface area contributed by atoms with E-state index >= 15 is 0 Å². The van der Waals surface area contributed by atoms with E-state index in [1.807, 2.05) is 17.6 Å². The maximum absolute atomic E-state index is 4.58. The lowest BCUT2D eigenvalue weighted by Gasteiger charge is -2.18. The molecule has 80 valence electrons. The van der Waals surface area contributed by atoms with Crippen LogP contribution < -0.4 is 0 Å². The molecule has 2 heterocycles. The van der Waals surface area contributed by atoms with Gasteiger partial charge in [-0.3, -0.25) is 0 Å². The highest BCUT2D eigenvalue weighted by Crippen LogP contribution is 2.22.